The Morgan fingerprint density at radius 3 is 2.65 bits per heavy atom. The zero-order chi connectivity index (χ0) is 16.7. The van der Waals surface area contributed by atoms with E-state index in [1.54, 1.807) is 0 Å². The summed E-state index contributed by atoms with van der Waals surface area (Å²) in [7, 11) is 0. The number of nitrogens with zero attached hydrogens (tertiary/aromatic N) is 2. The summed E-state index contributed by atoms with van der Waals surface area (Å²) >= 11 is 5.94. The van der Waals surface area contributed by atoms with E-state index < -0.39 is 0 Å². The number of likely N-dealkylation sites (tertiary alicyclic amines) is 1. The maximum Gasteiger partial charge on any atom is 0.234 e. The molecule has 0 spiro atoms. The lowest BCUT2D eigenvalue weighted by Crippen LogP contribution is -2.49. The van der Waals surface area contributed by atoms with E-state index in [2.05, 4.69) is 41.1 Å². The Morgan fingerprint density at radius 1 is 1.30 bits per heavy atom. The van der Waals surface area contributed by atoms with Gasteiger partial charge in [0.25, 0.3) is 0 Å². The van der Waals surface area contributed by atoms with Gasteiger partial charge >= 0.3 is 0 Å². The van der Waals surface area contributed by atoms with E-state index in [9.17, 15) is 4.79 Å². The van der Waals surface area contributed by atoms with Crippen LogP contribution in [-0.4, -0.2) is 54.5 Å². The minimum atomic E-state index is 0.145. The Kier molecular flexibility index (Phi) is 7.34. The predicted octanol–water partition coefficient (Wildman–Crippen LogP) is 2.76. The Balaban J connectivity index is 1.81. The summed E-state index contributed by atoms with van der Waals surface area (Å²) in [4.78, 5) is 16.7. The molecule has 0 saturated carbocycles. The summed E-state index contributed by atoms with van der Waals surface area (Å²) in [6.45, 7) is 9.43. The van der Waals surface area contributed by atoms with Crippen molar-refractivity contribution in [1.29, 1.82) is 0 Å². The highest BCUT2D eigenvalue weighted by molar-refractivity contribution is 6.30. The van der Waals surface area contributed by atoms with Crippen molar-refractivity contribution < 1.29 is 4.79 Å². The van der Waals surface area contributed by atoms with Crippen molar-refractivity contribution in [3.63, 3.8) is 0 Å². The van der Waals surface area contributed by atoms with Gasteiger partial charge in [-0.25, -0.2) is 0 Å². The van der Waals surface area contributed by atoms with Gasteiger partial charge in [0.2, 0.25) is 5.91 Å². The number of hydrogen-bond acceptors (Lipinski definition) is 3. The number of carbonyl (C=O) groups is 1. The quantitative estimate of drug-likeness (QED) is 0.831. The molecule has 0 aliphatic carbocycles. The molecule has 1 aromatic rings. The molecule has 23 heavy (non-hydrogen) atoms. The third kappa shape index (κ3) is 6.13. The minimum Gasteiger partial charge on any atom is -0.351 e. The lowest BCUT2D eigenvalue weighted by Gasteiger charge is -2.33. The van der Waals surface area contributed by atoms with Crippen LogP contribution in [0.4, 0.5) is 0 Å². The molecule has 128 valence electrons. The second-order valence-electron chi connectivity index (χ2n) is 6.23. The summed E-state index contributed by atoms with van der Waals surface area (Å²) in [5.74, 6) is 0.145. The molecule has 1 aromatic carbocycles. The predicted molar refractivity (Wildman–Crippen MR) is 95.7 cm³/mol. The van der Waals surface area contributed by atoms with E-state index in [0.717, 1.165) is 50.6 Å². The summed E-state index contributed by atoms with van der Waals surface area (Å²) in [6.07, 6.45) is 2.20. The molecule has 2 rings (SSSR count). The third-order valence-electron chi connectivity index (χ3n) is 4.45. The number of hydrogen-bond donors (Lipinski definition) is 1. The van der Waals surface area contributed by atoms with Crippen molar-refractivity contribution in [2.24, 2.45) is 0 Å². The fraction of sp³-hybridized carbons (Fsp3) is 0.611. The highest BCUT2D eigenvalue weighted by Crippen LogP contribution is 2.15. The van der Waals surface area contributed by atoms with E-state index in [0.29, 0.717) is 6.54 Å². The van der Waals surface area contributed by atoms with Gasteiger partial charge in [-0.1, -0.05) is 37.6 Å². The van der Waals surface area contributed by atoms with Crippen LogP contribution in [0.25, 0.3) is 0 Å². The maximum absolute atomic E-state index is 12.2. The van der Waals surface area contributed by atoms with Crippen LogP contribution < -0.4 is 5.32 Å². The van der Waals surface area contributed by atoms with Gasteiger partial charge in [-0.2, -0.15) is 0 Å². The van der Waals surface area contributed by atoms with Crippen molar-refractivity contribution in [2.75, 3.05) is 32.7 Å². The lowest BCUT2D eigenvalue weighted by atomic mass is 10.0. The van der Waals surface area contributed by atoms with Crippen molar-refractivity contribution in [2.45, 2.75) is 39.3 Å². The van der Waals surface area contributed by atoms with Crippen molar-refractivity contribution in [1.82, 2.24) is 15.1 Å². The first-order valence-corrected chi connectivity index (χ1v) is 8.97. The first-order valence-electron chi connectivity index (χ1n) is 8.59. The highest BCUT2D eigenvalue weighted by Gasteiger charge is 2.21. The standard InChI is InChI=1S/C18H28ClN3O/c1-3-21(4-2)14-18(23)20-17-6-5-11-22(13-17)12-15-7-9-16(19)10-8-15/h7-10,17H,3-6,11-14H2,1-2H3,(H,20,23). The Morgan fingerprint density at radius 2 is 2.00 bits per heavy atom. The van der Waals surface area contributed by atoms with E-state index in [4.69, 9.17) is 11.6 Å². The Bertz CT molecular complexity index is 488. The number of piperidine rings is 1. The molecule has 4 nitrogen and oxygen atoms in total. The second-order valence-corrected chi connectivity index (χ2v) is 6.67. The van der Waals surface area contributed by atoms with Crippen LogP contribution in [0.2, 0.25) is 5.02 Å². The van der Waals surface area contributed by atoms with Gasteiger partial charge in [0, 0.05) is 24.2 Å². The zero-order valence-electron chi connectivity index (χ0n) is 14.2. The molecule has 1 unspecified atom stereocenters. The van der Waals surface area contributed by atoms with Crippen LogP contribution in [0.15, 0.2) is 24.3 Å². The molecule has 5 heteroatoms. The lowest BCUT2D eigenvalue weighted by molar-refractivity contribution is -0.123. The van der Waals surface area contributed by atoms with Crippen molar-refractivity contribution in [3.05, 3.63) is 34.9 Å². The van der Waals surface area contributed by atoms with Gasteiger partial charge in [-0.05, 0) is 50.2 Å². The van der Waals surface area contributed by atoms with Crippen molar-refractivity contribution in [3.8, 4) is 0 Å². The minimum absolute atomic E-state index is 0.145. The van der Waals surface area contributed by atoms with Gasteiger partial charge in [0.15, 0.2) is 0 Å². The molecule has 1 fully saturated rings. The molecule has 0 aromatic heterocycles. The van der Waals surface area contributed by atoms with Gasteiger partial charge < -0.3 is 5.32 Å². The Labute approximate surface area is 144 Å². The number of amides is 1. The van der Waals surface area contributed by atoms with E-state index in [-0.39, 0.29) is 11.9 Å². The summed E-state index contributed by atoms with van der Waals surface area (Å²) in [5, 5.41) is 3.97. The molecule has 1 atom stereocenters. The van der Waals surface area contributed by atoms with E-state index in [1.165, 1.54) is 5.56 Å². The van der Waals surface area contributed by atoms with Crippen LogP contribution in [0, 0.1) is 0 Å². The van der Waals surface area contributed by atoms with Gasteiger partial charge in [-0.3, -0.25) is 14.6 Å². The van der Waals surface area contributed by atoms with Gasteiger partial charge in [-0.15, -0.1) is 0 Å². The van der Waals surface area contributed by atoms with Crippen molar-refractivity contribution >= 4 is 17.5 Å². The number of carbonyl (C=O) groups excluding carboxylic acids is 1. The molecular formula is C18H28ClN3O. The van der Waals surface area contributed by atoms with Crippen LogP contribution >= 0.6 is 11.6 Å². The molecule has 1 N–H and O–H groups in total. The second kappa shape index (κ2) is 9.26. The molecule has 0 bridgehead atoms. The smallest absolute Gasteiger partial charge is 0.234 e. The van der Waals surface area contributed by atoms with Gasteiger partial charge in [0.1, 0.15) is 0 Å². The molecule has 1 amide bonds. The van der Waals surface area contributed by atoms with E-state index in [1.807, 2.05) is 12.1 Å². The summed E-state index contributed by atoms with van der Waals surface area (Å²) in [6, 6.07) is 8.28. The molecule has 1 aliphatic heterocycles. The molecule has 1 saturated heterocycles. The van der Waals surface area contributed by atoms with E-state index >= 15 is 0 Å². The number of nitrogens with one attached hydrogen (secondary N) is 1. The van der Waals surface area contributed by atoms with Crippen LogP contribution in [-0.2, 0) is 11.3 Å². The normalized spacial score (nSPS) is 19.0. The largest absolute Gasteiger partial charge is 0.351 e. The average Bonchev–Trinajstić information content (AvgIpc) is 2.55. The first kappa shape index (κ1) is 18.2. The fourth-order valence-electron chi connectivity index (χ4n) is 3.09. The zero-order valence-corrected chi connectivity index (χ0v) is 15.0. The highest BCUT2D eigenvalue weighted by atomic mass is 35.5. The summed E-state index contributed by atoms with van der Waals surface area (Å²) in [5.41, 5.74) is 1.27. The maximum atomic E-state index is 12.2. The van der Waals surface area contributed by atoms with Crippen LogP contribution in [0.3, 0.4) is 0 Å². The topological polar surface area (TPSA) is 35.6 Å². The van der Waals surface area contributed by atoms with Crippen LogP contribution in [0.5, 0.6) is 0 Å². The first-order chi connectivity index (χ1) is 11.1. The molecular weight excluding hydrogens is 310 g/mol. The third-order valence-corrected chi connectivity index (χ3v) is 4.70. The molecule has 0 radical (unpaired) electrons. The monoisotopic (exact) mass is 337 g/mol. The number of benzene rings is 1. The summed E-state index contributed by atoms with van der Waals surface area (Å²) < 4.78 is 0. The number of rotatable bonds is 7. The molecule has 1 heterocycles. The number of halogens is 1. The molecule has 1 aliphatic rings. The SMILES string of the molecule is CCN(CC)CC(=O)NC1CCCN(Cc2ccc(Cl)cc2)C1. The van der Waals surface area contributed by atoms with Crippen LogP contribution in [0.1, 0.15) is 32.3 Å². The fourth-order valence-corrected chi connectivity index (χ4v) is 3.21. The number of likely N-dealkylation sites (N-methyl/N-ethyl adjacent to an activating group) is 1. The Hall–Kier alpha value is -1.10. The van der Waals surface area contributed by atoms with Gasteiger partial charge in [0.05, 0.1) is 6.54 Å². The average molecular weight is 338 g/mol.